The Morgan fingerprint density at radius 2 is 1.86 bits per heavy atom. The van der Waals surface area contributed by atoms with E-state index in [1.807, 2.05) is 45.0 Å². The van der Waals surface area contributed by atoms with Crippen molar-refractivity contribution in [2.45, 2.75) is 27.5 Å². The van der Waals surface area contributed by atoms with Crippen molar-refractivity contribution in [3.63, 3.8) is 0 Å². The molecule has 7 heteroatoms. The van der Waals surface area contributed by atoms with Gasteiger partial charge in [-0.05, 0) is 67.8 Å². The van der Waals surface area contributed by atoms with Gasteiger partial charge in [0.15, 0.2) is 17.6 Å². The second kappa shape index (κ2) is 7.44. The zero-order valence-corrected chi connectivity index (χ0v) is 16.7. The predicted octanol–water partition coefficient (Wildman–Crippen LogP) is 4.71. The number of aryl methyl sites for hydroxylation is 3. The van der Waals surface area contributed by atoms with E-state index in [2.05, 4.69) is 27.5 Å². The van der Waals surface area contributed by atoms with Crippen LogP contribution in [0.15, 0.2) is 48.7 Å². The first-order valence-electron chi connectivity index (χ1n) is 8.89. The molecular formula is C21H20N4O2S. The van der Waals surface area contributed by atoms with E-state index in [9.17, 15) is 4.79 Å². The van der Waals surface area contributed by atoms with Crippen LogP contribution in [0, 0.1) is 20.8 Å². The average molecular weight is 392 g/mol. The van der Waals surface area contributed by atoms with Gasteiger partial charge in [-0.3, -0.25) is 10.1 Å². The van der Waals surface area contributed by atoms with Gasteiger partial charge in [0.05, 0.1) is 10.2 Å². The van der Waals surface area contributed by atoms with Crippen LogP contribution in [0.25, 0.3) is 10.2 Å². The average Bonchev–Trinajstić information content (AvgIpc) is 3.25. The van der Waals surface area contributed by atoms with Crippen LogP contribution in [0.4, 0.5) is 5.13 Å². The van der Waals surface area contributed by atoms with Crippen molar-refractivity contribution in [1.82, 2.24) is 14.8 Å². The van der Waals surface area contributed by atoms with Gasteiger partial charge in [0.1, 0.15) is 5.75 Å². The Hall–Kier alpha value is -3.19. The first-order valence-corrected chi connectivity index (χ1v) is 9.71. The van der Waals surface area contributed by atoms with Crippen molar-refractivity contribution < 1.29 is 9.53 Å². The first kappa shape index (κ1) is 18.2. The number of carbonyl (C=O) groups excluding carboxylic acids is 1. The van der Waals surface area contributed by atoms with Crippen LogP contribution in [0.5, 0.6) is 5.75 Å². The molecule has 6 nitrogen and oxygen atoms in total. The third-order valence-corrected chi connectivity index (χ3v) is 5.13. The van der Waals surface area contributed by atoms with E-state index in [0.717, 1.165) is 32.7 Å². The Labute approximate surface area is 166 Å². The number of thiazole rings is 1. The van der Waals surface area contributed by atoms with Crippen molar-refractivity contribution >= 4 is 32.6 Å². The maximum absolute atomic E-state index is 12.5. The van der Waals surface area contributed by atoms with E-state index in [0.29, 0.717) is 10.8 Å². The van der Waals surface area contributed by atoms with Crippen LogP contribution in [0.1, 0.15) is 27.2 Å². The summed E-state index contributed by atoms with van der Waals surface area (Å²) < 4.78 is 8.41. The standard InChI is InChI=1S/C21H20N4O2S/c1-13-4-5-17-19(11-13)28-21(22-17)23-20(26)18-6-7-25(24-18)12-27-16-9-14(2)8-15(3)10-16/h4-11H,12H2,1-3H3,(H,22,23,26). The van der Waals surface area contributed by atoms with E-state index in [1.54, 1.807) is 16.9 Å². The van der Waals surface area contributed by atoms with E-state index in [4.69, 9.17) is 4.74 Å². The number of carbonyl (C=O) groups is 1. The number of hydrogen-bond donors (Lipinski definition) is 1. The van der Waals surface area contributed by atoms with Crippen LogP contribution in [-0.2, 0) is 6.73 Å². The lowest BCUT2D eigenvalue weighted by Gasteiger charge is -2.08. The molecule has 142 valence electrons. The molecule has 0 aliphatic carbocycles. The lowest BCUT2D eigenvalue weighted by molar-refractivity contribution is 0.102. The van der Waals surface area contributed by atoms with Crippen LogP contribution in [0.3, 0.4) is 0 Å². The predicted molar refractivity (Wildman–Crippen MR) is 111 cm³/mol. The van der Waals surface area contributed by atoms with Crippen molar-refractivity contribution in [3.8, 4) is 5.75 Å². The maximum atomic E-state index is 12.5. The van der Waals surface area contributed by atoms with Crippen molar-refractivity contribution in [2.75, 3.05) is 5.32 Å². The van der Waals surface area contributed by atoms with Gasteiger partial charge >= 0.3 is 0 Å². The van der Waals surface area contributed by atoms with Crippen molar-refractivity contribution in [1.29, 1.82) is 0 Å². The Bertz CT molecular complexity index is 1140. The highest BCUT2D eigenvalue weighted by Gasteiger charge is 2.13. The number of nitrogens with zero attached hydrogens (tertiary/aromatic N) is 3. The fourth-order valence-electron chi connectivity index (χ4n) is 2.96. The van der Waals surface area contributed by atoms with E-state index >= 15 is 0 Å². The maximum Gasteiger partial charge on any atom is 0.277 e. The number of aromatic nitrogens is 3. The summed E-state index contributed by atoms with van der Waals surface area (Å²) in [5.41, 5.74) is 4.64. The molecule has 4 rings (SSSR count). The summed E-state index contributed by atoms with van der Waals surface area (Å²) in [4.78, 5) is 16.9. The number of benzene rings is 2. The highest BCUT2D eigenvalue weighted by Crippen LogP contribution is 2.27. The molecule has 4 aromatic rings. The third kappa shape index (κ3) is 4.04. The van der Waals surface area contributed by atoms with E-state index in [1.165, 1.54) is 11.3 Å². The number of fused-ring (bicyclic) bond motifs is 1. The highest BCUT2D eigenvalue weighted by atomic mass is 32.1. The van der Waals surface area contributed by atoms with Crippen LogP contribution < -0.4 is 10.1 Å². The minimum Gasteiger partial charge on any atom is -0.471 e. The minimum absolute atomic E-state index is 0.233. The van der Waals surface area contributed by atoms with Gasteiger partial charge < -0.3 is 4.74 Å². The number of nitrogens with one attached hydrogen (secondary N) is 1. The van der Waals surface area contributed by atoms with Gasteiger partial charge in [0.25, 0.3) is 5.91 Å². The van der Waals surface area contributed by atoms with E-state index in [-0.39, 0.29) is 12.6 Å². The molecule has 0 saturated heterocycles. The topological polar surface area (TPSA) is 69.0 Å². The van der Waals surface area contributed by atoms with Gasteiger partial charge in [0.2, 0.25) is 0 Å². The van der Waals surface area contributed by atoms with Crippen LogP contribution in [-0.4, -0.2) is 20.7 Å². The fourth-order valence-corrected chi connectivity index (χ4v) is 3.92. The molecule has 0 aliphatic heterocycles. The number of rotatable bonds is 5. The van der Waals surface area contributed by atoms with Gasteiger partial charge in [-0.25, -0.2) is 9.67 Å². The zero-order valence-electron chi connectivity index (χ0n) is 15.9. The third-order valence-electron chi connectivity index (χ3n) is 4.20. The van der Waals surface area contributed by atoms with Crippen molar-refractivity contribution in [2.24, 2.45) is 0 Å². The largest absolute Gasteiger partial charge is 0.471 e. The number of amides is 1. The van der Waals surface area contributed by atoms with Gasteiger partial charge in [-0.2, -0.15) is 5.10 Å². The second-order valence-corrected chi connectivity index (χ2v) is 7.81. The minimum atomic E-state index is -0.291. The molecule has 28 heavy (non-hydrogen) atoms. The Balaban J connectivity index is 1.42. The van der Waals surface area contributed by atoms with Gasteiger partial charge in [-0.15, -0.1) is 0 Å². The molecule has 2 aromatic heterocycles. The van der Waals surface area contributed by atoms with Crippen LogP contribution in [0.2, 0.25) is 0 Å². The van der Waals surface area contributed by atoms with Crippen LogP contribution >= 0.6 is 11.3 Å². The molecule has 0 spiro atoms. The number of ether oxygens (including phenoxy) is 1. The molecule has 0 atom stereocenters. The molecule has 2 aromatic carbocycles. The van der Waals surface area contributed by atoms with Crippen molar-refractivity contribution in [3.05, 3.63) is 71.0 Å². The smallest absolute Gasteiger partial charge is 0.277 e. The molecule has 0 saturated carbocycles. The van der Waals surface area contributed by atoms with Gasteiger partial charge in [-0.1, -0.05) is 23.5 Å². The molecule has 0 radical (unpaired) electrons. The lowest BCUT2D eigenvalue weighted by Crippen LogP contribution is -2.14. The first-order chi connectivity index (χ1) is 13.5. The molecule has 1 amide bonds. The number of hydrogen-bond acceptors (Lipinski definition) is 5. The zero-order chi connectivity index (χ0) is 19.7. The SMILES string of the molecule is Cc1cc(C)cc(OCn2ccc(C(=O)Nc3nc4ccc(C)cc4s3)n2)c1. The lowest BCUT2D eigenvalue weighted by atomic mass is 10.1. The summed E-state index contributed by atoms with van der Waals surface area (Å²) in [7, 11) is 0. The summed E-state index contributed by atoms with van der Waals surface area (Å²) in [6.45, 7) is 6.32. The molecule has 0 bridgehead atoms. The highest BCUT2D eigenvalue weighted by molar-refractivity contribution is 7.22. The normalized spacial score (nSPS) is 11.0. The molecule has 0 fully saturated rings. The Kier molecular flexibility index (Phi) is 4.83. The van der Waals surface area contributed by atoms with Gasteiger partial charge in [0, 0.05) is 6.20 Å². The molecule has 2 heterocycles. The molecular weight excluding hydrogens is 372 g/mol. The summed E-state index contributed by atoms with van der Waals surface area (Å²) >= 11 is 1.45. The summed E-state index contributed by atoms with van der Waals surface area (Å²) in [6, 6.07) is 13.7. The molecule has 0 aliphatic rings. The molecule has 0 unspecified atom stereocenters. The molecule has 1 N–H and O–H groups in total. The summed E-state index contributed by atoms with van der Waals surface area (Å²) in [5, 5.41) is 7.67. The second-order valence-electron chi connectivity index (χ2n) is 6.78. The fraction of sp³-hybridized carbons (Fsp3) is 0.190. The number of anilines is 1. The quantitative estimate of drug-likeness (QED) is 0.534. The van der Waals surface area contributed by atoms with E-state index < -0.39 is 0 Å². The summed E-state index contributed by atoms with van der Waals surface area (Å²) in [5.74, 6) is 0.490. The Morgan fingerprint density at radius 3 is 2.64 bits per heavy atom. The Morgan fingerprint density at radius 1 is 1.07 bits per heavy atom. The monoisotopic (exact) mass is 392 g/mol. The summed E-state index contributed by atoms with van der Waals surface area (Å²) in [6.07, 6.45) is 1.72.